The topological polar surface area (TPSA) is 24.7 Å². The summed E-state index contributed by atoms with van der Waals surface area (Å²) in [6.07, 6.45) is 0. The summed E-state index contributed by atoms with van der Waals surface area (Å²) in [6, 6.07) is 13.4. The molecule has 30 heavy (non-hydrogen) atoms. The van der Waals surface area contributed by atoms with E-state index in [9.17, 15) is 0 Å². The molecule has 162 valence electrons. The van der Waals surface area contributed by atoms with Crippen LogP contribution >= 0.6 is 0 Å². The average molecular weight is 405 g/mol. The zero-order valence-electron chi connectivity index (χ0n) is 20.7. The maximum atomic E-state index is 5.04. The molecule has 2 rings (SSSR count). The van der Waals surface area contributed by atoms with E-state index in [1.54, 1.807) is 0 Å². The second-order valence-electron chi connectivity index (χ2n) is 9.65. The monoisotopic (exact) mass is 404 g/mol. The summed E-state index contributed by atoms with van der Waals surface area (Å²) in [4.78, 5) is 10.1. The van der Waals surface area contributed by atoms with Crippen molar-refractivity contribution in [2.24, 2.45) is 9.98 Å². The van der Waals surface area contributed by atoms with Crippen molar-refractivity contribution in [3.05, 3.63) is 58.7 Å². The standard InChI is InChI=1S/C28H40N2/c1-17(2)23-11-13-25(19(5)6)27(15-23)29-21(9)22(10)30-28-16-24(18(3)4)12-14-26(28)20(7)8/h11-20H,1-10H3/b29-21+,30-22+. The van der Waals surface area contributed by atoms with Gasteiger partial charge < -0.3 is 0 Å². The van der Waals surface area contributed by atoms with E-state index >= 15 is 0 Å². The van der Waals surface area contributed by atoms with Gasteiger partial charge in [-0.2, -0.15) is 0 Å². The molecule has 0 aliphatic heterocycles. The van der Waals surface area contributed by atoms with E-state index in [4.69, 9.17) is 9.98 Å². The first-order chi connectivity index (χ1) is 14.0. The number of rotatable bonds is 7. The van der Waals surface area contributed by atoms with E-state index in [1.165, 1.54) is 22.3 Å². The predicted octanol–water partition coefficient (Wildman–Crippen LogP) is 9.07. The van der Waals surface area contributed by atoms with Gasteiger partial charge in [0, 0.05) is 0 Å². The van der Waals surface area contributed by atoms with Crippen LogP contribution < -0.4 is 0 Å². The molecule has 2 aromatic carbocycles. The molecule has 0 aliphatic rings. The van der Waals surface area contributed by atoms with Crippen molar-refractivity contribution >= 4 is 22.8 Å². The van der Waals surface area contributed by atoms with Crippen LogP contribution in [0.25, 0.3) is 0 Å². The van der Waals surface area contributed by atoms with Gasteiger partial charge in [-0.1, -0.05) is 79.7 Å². The van der Waals surface area contributed by atoms with Gasteiger partial charge in [0.15, 0.2) is 0 Å². The van der Waals surface area contributed by atoms with E-state index in [-0.39, 0.29) is 0 Å². The molecule has 2 heteroatoms. The van der Waals surface area contributed by atoms with E-state index in [0.29, 0.717) is 23.7 Å². The maximum Gasteiger partial charge on any atom is 0.0671 e. The number of hydrogen-bond donors (Lipinski definition) is 0. The molecule has 0 bridgehead atoms. The number of nitrogens with zero attached hydrogens (tertiary/aromatic N) is 2. The Labute approximate surface area is 184 Å². The normalized spacial score (nSPS) is 13.3. The van der Waals surface area contributed by atoms with Gasteiger partial charge in [0.05, 0.1) is 22.8 Å². The Balaban J connectivity index is 2.53. The SMILES string of the molecule is CC(=N\c1cc(C(C)C)ccc1C(C)C)/C(C)=N/c1cc(C(C)C)ccc1C(C)C. The van der Waals surface area contributed by atoms with Crippen molar-refractivity contribution in [1.29, 1.82) is 0 Å². The summed E-state index contributed by atoms with van der Waals surface area (Å²) in [6.45, 7) is 22.0. The third-order valence-electron chi connectivity index (χ3n) is 5.79. The predicted molar refractivity (Wildman–Crippen MR) is 135 cm³/mol. The minimum absolute atomic E-state index is 0.435. The second kappa shape index (κ2) is 10.2. The third-order valence-corrected chi connectivity index (χ3v) is 5.79. The molecule has 2 nitrogen and oxygen atoms in total. The Hall–Kier alpha value is -2.22. The fraction of sp³-hybridized carbons (Fsp3) is 0.500. The summed E-state index contributed by atoms with van der Waals surface area (Å²) in [5.74, 6) is 1.85. The van der Waals surface area contributed by atoms with Crippen LogP contribution in [0.2, 0.25) is 0 Å². The second-order valence-corrected chi connectivity index (χ2v) is 9.65. The molecule has 0 aromatic heterocycles. The summed E-state index contributed by atoms with van der Waals surface area (Å²) < 4.78 is 0. The smallest absolute Gasteiger partial charge is 0.0671 e. The Bertz CT molecular complexity index is 850. The number of aliphatic imine (C=N–C) groups is 2. The summed E-state index contributed by atoms with van der Waals surface area (Å²) in [7, 11) is 0. The van der Waals surface area contributed by atoms with Gasteiger partial charge in [0.25, 0.3) is 0 Å². The van der Waals surface area contributed by atoms with Gasteiger partial charge in [-0.3, -0.25) is 9.98 Å². The van der Waals surface area contributed by atoms with Crippen molar-refractivity contribution in [1.82, 2.24) is 0 Å². The molecule has 0 N–H and O–H groups in total. The largest absolute Gasteiger partial charge is 0.252 e. The highest BCUT2D eigenvalue weighted by molar-refractivity contribution is 6.41. The molecule has 0 aliphatic carbocycles. The quantitative estimate of drug-likeness (QED) is 0.411. The zero-order valence-corrected chi connectivity index (χ0v) is 20.7. The van der Waals surface area contributed by atoms with Crippen LogP contribution in [0.1, 0.15) is 115 Å². The Morgan fingerprint density at radius 3 is 1.13 bits per heavy atom. The van der Waals surface area contributed by atoms with Gasteiger partial charge in [-0.05, 0) is 71.9 Å². The Morgan fingerprint density at radius 1 is 0.533 bits per heavy atom. The lowest BCUT2D eigenvalue weighted by molar-refractivity contribution is 0.845. The first kappa shape index (κ1) is 24.1. The van der Waals surface area contributed by atoms with E-state index in [0.717, 1.165) is 22.8 Å². The molecule has 0 atom stereocenters. The molecule has 0 saturated heterocycles. The van der Waals surface area contributed by atoms with Crippen molar-refractivity contribution in [3.63, 3.8) is 0 Å². The molecule has 2 aromatic rings. The molecule has 0 radical (unpaired) electrons. The van der Waals surface area contributed by atoms with Crippen molar-refractivity contribution in [3.8, 4) is 0 Å². The fourth-order valence-electron chi connectivity index (χ4n) is 3.53. The highest BCUT2D eigenvalue weighted by atomic mass is 14.8. The lowest BCUT2D eigenvalue weighted by Gasteiger charge is -2.15. The van der Waals surface area contributed by atoms with Gasteiger partial charge in [0.1, 0.15) is 0 Å². The van der Waals surface area contributed by atoms with Gasteiger partial charge in [-0.25, -0.2) is 0 Å². The van der Waals surface area contributed by atoms with Crippen LogP contribution in [0.3, 0.4) is 0 Å². The molecule has 0 saturated carbocycles. The molecular weight excluding hydrogens is 364 g/mol. The van der Waals surface area contributed by atoms with E-state index < -0.39 is 0 Å². The summed E-state index contributed by atoms with van der Waals surface area (Å²) in [5.41, 5.74) is 9.32. The van der Waals surface area contributed by atoms with E-state index in [2.05, 4.69) is 106 Å². The van der Waals surface area contributed by atoms with Crippen LogP contribution in [0.15, 0.2) is 46.4 Å². The van der Waals surface area contributed by atoms with Gasteiger partial charge in [0.2, 0.25) is 0 Å². The van der Waals surface area contributed by atoms with Crippen molar-refractivity contribution < 1.29 is 0 Å². The lowest BCUT2D eigenvalue weighted by atomic mass is 9.95. The number of benzene rings is 2. The first-order valence-corrected chi connectivity index (χ1v) is 11.4. The average Bonchev–Trinajstić information content (AvgIpc) is 2.67. The minimum Gasteiger partial charge on any atom is -0.252 e. The molecule has 0 spiro atoms. The lowest BCUT2D eigenvalue weighted by Crippen LogP contribution is -2.06. The molecule has 0 fully saturated rings. The van der Waals surface area contributed by atoms with Crippen LogP contribution in [-0.4, -0.2) is 11.4 Å². The highest BCUT2D eigenvalue weighted by Crippen LogP contribution is 2.32. The van der Waals surface area contributed by atoms with Crippen LogP contribution in [0.5, 0.6) is 0 Å². The molecule has 0 amide bonds. The summed E-state index contributed by atoms with van der Waals surface area (Å²) in [5, 5.41) is 0. The molecule has 0 unspecified atom stereocenters. The third kappa shape index (κ3) is 5.90. The number of hydrogen-bond acceptors (Lipinski definition) is 2. The molecule has 0 heterocycles. The van der Waals surface area contributed by atoms with Crippen molar-refractivity contribution in [2.45, 2.75) is 92.9 Å². The first-order valence-electron chi connectivity index (χ1n) is 11.4. The van der Waals surface area contributed by atoms with Crippen LogP contribution in [0, 0.1) is 0 Å². The summed E-state index contributed by atoms with van der Waals surface area (Å²) >= 11 is 0. The highest BCUT2D eigenvalue weighted by Gasteiger charge is 2.12. The fourth-order valence-corrected chi connectivity index (χ4v) is 3.53. The zero-order chi connectivity index (χ0) is 22.6. The Kier molecular flexibility index (Phi) is 8.18. The minimum atomic E-state index is 0.435. The van der Waals surface area contributed by atoms with Gasteiger partial charge >= 0.3 is 0 Å². The van der Waals surface area contributed by atoms with Gasteiger partial charge in [-0.15, -0.1) is 0 Å². The Morgan fingerprint density at radius 2 is 0.867 bits per heavy atom. The van der Waals surface area contributed by atoms with Crippen LogP contribution in [0.4, 0.5) is 11.4 Å². The van der Waals surface area contributed by atoms with Crippen LogP contribution in [-0.2, 0) is 0 Å². The van der Waals surface area contributed by atoms with Crippen molar-refractivity contribution in [2.75, 3.05) is 0 Å². The van der Waals surface area contributed by atoms with E-state index in [1.807, 2.05) is 0 Å². The molecular formula is C28H40N2. The maximum absolute atomic E-state index is 5.04.